The Morgan fingerprint density at radius 2 is 2.23 bits per heavy atom. The Balaban J connectivity index is 2.15. The van der Waals surface area contributed by atoms with Crippen molar-refractivity contribution in [1.82, 2.24) is 4.90 Å². The molecule has 2 aliphatic rings. The van der Waals surface area contributed by atoms with Crippen LogP contribution in [0, 0.1) is 11.3 Å². The molecule has 5 heteroatoms. The van der Waals surface area contributed by atoms with Gasteiger partial charge in [-0.15, -0.1) is 0 Å². The number of hydrogen-bond acceptors (Lipinski definition) is 4. The molecular weight excluding hydrogens is 280 g/mol. The highest BCUT2D eigenvalue weighted by Gasteiger charge is 2.39. The number of fused-ring (bicyclic) bond motifs is 1. The van der Waals surface area contributed by atoms with E-state index in [0.717, 1.165) is 17.7 Å². The van der Waals surface area contributed by atoms with Crippen molar-refractivity contribution in [3.8, 4) is 11.8 Å². The second-order valence-corrected chi connectivity index (χ2v) is 6.07. The van der Waals surface area contributed by atoms with E-state index in [1.54, 1.807) is 23.1 Å². The van der Waals surface area contributed by atoms with Gasteiger partial charge in [-0.25, -0.2) is 4.79 Å². The quantitative estimate of drug-likeness (QED) is 0.840. The second kappa shape index (κ2) is 5.06. The second-order valence-electron chi connectivity index (χ2n) is 6.07. The fourth-order valence-electron chi connectivity index (χ4n) is 2.86. The van der Waals surface area contributed by atoms with E-state index in [4.69, 9.17) is 14.7 Å². The Morgan fingerprint density at radius 1 is 1.45 bits per heavy atom. The fraction of sp³-hybridized carbons (Fsp3) is 0.412. The van der Waals surface area contributed by atoms with Gasteiger partial charge in [0.2, 0.25) is 0 Å². The number of rotatable bonds is 2. The highest BCUT2D eigenvalue weighted by molar-refractivity contribution is 5.87. The minimum Gasteiger partial charge on any atom is -0.483 e. The molecule has 0 saturated carbocycles. The smallest absolute Gasteiger partial charge is 0.414 e. The number of cyclic esters (lactones) is 1. The van der Waals surface area contributed by atoms with Crippen LogP contribution in [0.1, 0.15) is 38.3 Å². The molecule has 0 aromatic heterocycles. The average Bonchev–Trinajstić information content (AvgIpc) is 2.86. The lowest BCUT2D eigenvalue weighted by Crippen LogP contribution is -2.37. The summed E-state index contributed by atoms with van der Waals surface area (Å²) in [5.41, 5.74) is 1.53. The maximum absolute atomic E-state index is 12.2. The molecule has 1 amide bonds. The third-order valence-electron chi connectivity index (χ3n) is 3.93. The predicted octanol–water partition coefficient (Wildman–Crippen LogP) is 3.30. The Bertz CT molecular complexity index is 700. The largest absolute Gasteiger partial charge is 0.483 e. The molecule has 3 rings (SSSR count). The van der Waals surface area contributed by atoms with E-state index >= 15 is 0 Å². The minimum atomic E-state index is -0.530. The van der Waals surface area contributed by atoms with Gasteiger partial charge in [0.1, 0.15) is 18.0 Å². The van der Waals surface area contributed by atoms with Gasteiger partial charge < -0.3 is 9.47 Å². The van der Waals surface area contributed by atoms with Gasteiger partial charge in [0.25, 0.3) is 0 Å². The van der Waals surface area contributed by atoms with Gasteiger partial charge in [-0.05, 0) is 44.5 Å². The number of ether oxygens (including phenoxy) is 2. The van der Waals surface area contributed by atoms with Crippen LogP contribution in [0.15, 0.2) is 24.3 Å². The number of nitriles is 1. The summed E-state index contributed by atoms with van der Waals surface area (Å²) in [7, 11) is 0. The molecule has 0 bridgehead atoms. The van der Waals surface area contributed by atoms with Crippen molar-refractivity contribution in [2.24, 2.45) is 0 Å². The van der Waals surface area contributed by atoms with Crippen molar-refractivity contribution in [3.63, 3.8) is 0 Å². The van der Waals surface area contributed by atoms with Gasteiger partial charge in [-0.1, -0.05) is 6.92 Å². The van der Waals surface area contributed by atoms with Crippen molar-refractivity contribution in [2.45, 2.75) is 38.8 Å². The zero-order valence-electron chi connectivity index (χ0n) is 12.9. The first kappa shape index (κ1) is 14.5. The van der Waals surface area contributed by atoms with Crippen molar-refractivity contribution in [1.29, 1.82) is 5.26 Å². The molecule has 0 spiro atoms. The number of nitrogens with zero attached hydrogens (tertiary/aromatic N) is 2. The van der Waals surface area contributed by atoms with Crippen LogP contribution in [-0.4, -0.2) is 29.2 Å². The van der Waals surface area contributed by atoms with Crippen LogP contribution in [0.4, 0.5) is 4.79 Å². The first-order valence-corrected chi connectivity index (χ1v) is 7.37. The van der Waals surface area contributed by atoms with E-state index < -0.39 is 5.60 Å². The van der Waals surface area contributed by atoms with Crippen LogP contribution < -0.4 is 4.74 Å². The van der Waals surface area contributed by atoms with Gasteiger partial charge in [0, 0.05) is 5.56 Å². The summed E-state index contributed by atoms with van der Waals surface area (Å²) < 4.78 is 11.2. The van der Waals surface area contributed by atoms with Crippen LogP contribution in [0.25, 0.3) is 5.70 Å². The summed E-state index contributed by atoms with van der Waals surface area (Å²) in [5.74, 6) is 0.677. The first-order valence-electron chi connectivity index (χ1n) is 7.37. The SMILES string of the molecule is CC[C@@H]1COC(=O)N1C1=CC(C)(C)Oc2ccc(C#N)cc21. The van der Waals surface area contributed by atoms with Crippen molar-refractivity contribution in [2.75, 3.05) is 6.61 Å². The van der Waals surface area contributed by atoms with Crippen LogP contribution in [0.5, 0.6) is 5.75 Å². The third kappa shape index (κ3) is 2.31. The van der Waals surface area contributed by atoms with Crippen LogP contribution >= 0.6 is 0 Å². The van der Waals surface area contributed by atoms with Gasteiger partial charge in [0.15, 0.2) is 0 Å². The Kier molecular flexibility index (Phi) is 3.32. The fourth-order valence-corrected chi connectivity index (χ4v) is 2.86. The predicted molar refractivity (Wildman–Crippen MR) is 81.1 cm³/mol. The zero-order valence-corrected chi connectivity index (χ0v) is 12.9. The van der Waals surface area contributed by atoms with Crippen LogP contribution in [0.2, 0.25) is 0 Å². The highest BCUT2D eigenvalue weighted by Crippen LogP contribution is 2.40. The molecule has 5 nitrogen and oxygen atoms in total. The molecule has 1 fully saturated rings. The summed E-state index contributed by atoms with van der Waals surface area (Å²) >= 11 is 0. The Morgan fingerprint density at radius 3 is 2.91 bits per heavy atom. The molecule has 1 saturated heterocycles. The lowest BCUT2D eigenvalue weighted by molar-refractivity contribution is 0.152. The summed E-state index contributed by atoms with van der Waals surface area (Å²) in [6.45, 7) is 6.30. The average molecular weight is 298 g/mol. The van der Waals surface area contributed by atoms with Crippen molar-refractivity contribution < 1.29 is 14.3 Å². The molecular formula is C17H18N2O3. The van der Waals surface area contributed by atoms with Gasteiger partial charge >= 0.3 is 6.09 Å². The third-order valence-corrected chi connectivity index (χ3v) is 3.93. The number of carbonyl (C=O) groups excluding carboxylic acids is 1. The molecule has 0 aliphatic carbocycles. The van der Waals surface area contributed by atoms with E-state index in [9.17, 15) is 4.79 Å². The molecule has 1 aromatic carbocycles. The van der Waals surface area contributed by atoms with Crippen molar-refractivity contribution in [3.05, 3.63) is 35.4 Å². The molecule has 2 heterocycles. The summed E-state index contributed by atoms with van der Waals surface area (Å²) in [6.07, 6.45) is 2.38. The molecule has 0 N–H and O–H groups in total. The summed E-state index contributed by atoms with van der Waals surface area (Å²) in [4.78, 5) is 13.9. The number of hydrogen-bond donors (Lipinski definition) is 0. The summed E-state index contributed by atoms with van der Waals surface area (Å²) in [6, 6.07) is 7.39. The van der Waals surface area contributed by atoms with E-state index in [2.05, 4.69) is 6.07 Å². The molecule has 0 radical (unpaired) electrons. The zero-order chi connectivity index (χ0) is 15.9. The van der Waals surface area contributed by atoms with E-state index in [0.29, 0.717) is 17.9 Å². The lowest BCUT2D eigenvalue weighted by atomic mass is 9.96. The van der Waals surface area contributed by atoms with E-state index in [1.807, 2.05) is 26.8 Å². The molecule has 114 valence electrons. The number of benzene rings is 1. The monoisotopic (exact) mass is 298 g/mol. The molecule has 0 unspecified atom stereocenters. The van der Waals surface area contributed by atoms with Crippen molar-refractivity contribution >= 4 is 11.8 Å². The van der Waals surface area contributed by atoms with Gasteiger partial charge in [-0.3, -0.25) is 4.90 Å². The van der Waals surface area contributed by atoms with Crippen LogP contribution in [-0.2, 0) is 4.74 Å². The Hall–Kier alpha value is -2.48. The highest BCUT2D eigenvalue weighted by atomic mass is 16.6. The summed E-state index contributed by atoms with van der Waals surface area (Å²) in [5, 5.41) is 9.13. The number of amides is 1. The standard InChI is InChI=1S/C17H18N2O3/c1-4-12-10-21-16(20)19(12)14-8-17(2,3)22-15-6-5-11(9-18)7-13(14)15/h5-8,12H,4,10H2,1-3H3/t12-/m1/s1. The Labute approximate surface area is 129 Å². The lowest BCUT2D eigenvalue weighted by Gasteiger charge is -2.35. The molecule has 1 atom stereocenters. The maximum atomic E-state index is 12.2. The van der Waals surface area contributed by atoms with E-state index in [-0.39, 0.29) is 12.1 Å². The van der Waals surface area contributed by atoms with E-state index in [1.165, 1.54) is 0 Å². The minimum absolute atomic E-state index is 0.00578. The van der Waals surface area contributed by atoms with Crippen LogP contribution in [0.3, 0.4) is 0 Å². The molecule has 22 heavy (non-hydrogen) atoms. The molecule has 2 aliphatic heterocycles. The normalized spacial score (nSPS) is 22.3. The maximum Gasteiger partial charge on any atom is 0.414 e. The molecule has 1 aromatic rings. The van der Waals surface area contributed by atoms with Gasteiger partial charge in [0.05, 0.1) is 23.4 Å². The first-order chi connectivity index (χ1) is 10.4. The van der Waals surface area contributed by atoms with Gasteiger partial charge in [-0.2, -0.15) is 5.26 Å². The topological polar surface area (TPSA) is 62.6 Å². The number of carbonyl (C=O) groups is 1.